The second kappa shape index (κ2) is 9.34. The van der Waals surface area contributed by atoms with Crippen molar-refractivity contribution in [2.75, 3.05) is 6.61 Å². The van der Waals surface area contributed by atoms with Crippen molar-refractivity contribution in [2.24, 2.45) is 0 Å². The van der Waals surface area contributed by atoms with Crippen LogP contribution in [0.3, 0.4) is 0 Å². The molecule has 0 aliphatic rings. The van der Waals surface area contributed by atoms with Crippen LogP contribution in [-0.4, -0.2) is 17.7 Å². The number of hydrogen-bond donors (Lipinski definition) is 1. The fourth-order valence-corrected chi connectivity index (χ4v) is 1.80. The Labute approximate surface area is 114 Å². The minimum absolute atomic E-state index is 0.534. The first-order valence-corrected chi connectivity index (χ1v) is 6.80. The van der Waals surface area contributed by atoms with Crippen molar-refractivity contribution < 1.29 is 14.6 Å². The molecule has 1 aromatic rings. The highest BCUT2D eigenvalue weighted by atomic mass is 16.5. The van der Waals surface area contributed by atoms with E-state index in [0.717, 1.165) is 30.2 Å². The number of rotatable bonds is 9. The van der Waals surface area contributed by atoms with Gasteiger partial charge in [-0.2, -0.15) is 0 Å². The summed E-state index contributed by atoms with van der Waals surface area (Å²) in [4.78, 5) is 10.5. The predicted molar refractivity (Wildman–Crippen MR) is 76.9 cm³/mol. The zero-order valence-corrected chi connectivity index (χ0v) is 11.5. The number of hydrogen-bond acceptors (Lipinski definition) is 2. The van der Waals surface area contributed by atoms with E-state index in [1.165, 1.54) is 19.3 Å². The maximum absolute atomic E-state index is 10.5. The smallest absolute Gasteiger partial charge is 0.328 e. The average molecular weight is 262 g/mol. The number of unbranched alkanes of at least 4 members (excludes halogenated alkanes) is 3. The fraction of sp³-hybridized carbons (Fsp3) is 0.438. The van der Waals surface area contributed by atoms with Gasteiger partial charge in [-0.3, -0.25) is 0 Å². The number of carboxylic acid groups (broad SMARTS) is 1. The first kappa shape index (κ1) is 15.4. The highest BCUT2D eigenvalue weighted by molar-refractivity contribution is 5.85. The first-order valence-electron chi connectivity index (χ1n) is 6.80. The third kappa shape index (κ3) is 6.77. The highest BCUT2D eigenvalue weighted by Crippen LogP contribution is 2.12. The van der Waals surface area contributed by atoms with Crippen molar-refractivity contribution >= 4 is 12.0 Å². The zero-order chi connectivity index (χ0) is 13.9. The molecule has 3 nitrogen and oxygen atoms in total. The summed E-state index contributed by atoms with van der Waals surface area (Å²) in [6.45, 7) is 3.48. The number of ether oxygens (including phenoxy) is 1. The molecule has 0 unspecified atom stereocenters. The van der Waals surface area contributed by atoms with Gasteiger partial charge in [-0.05, 0) is 23.6 Å². The topological polar surface area (TPSA) is 46.5 Å². The molecule has 0 aliphatic heterocycles. The molecule has 0 bridgehead atoms. The third-order valence-corrected chi connectivity index (χ3v) is 2.86. The minimum atomic E-state index is -0.935. The second-order valence-electron chi connectivity index (χ2n) is 4.48. The molecule has 0 saturated carbocycles. The molecule has 0 spiro atoms. The van der Waals surface area contributed by atoms with E-state index in [2.05, 4.69) is 6.92 Å². The quantitative estimate of drug-likeness (QED) is 0.542. The Balaban J connectivity index is 2.42. The average Bonchev–Trinajstić information content (AvgIpc) is 2.41. The molecular formula is C16H22O3. The van der Waals surface area contributed by atoms with Gasteiger partial charge in [-0.25, -0.2) is 4.79 Å². The second-order valence-corrected chi connectivity index (χ2v) is 4.48. The molecule has 104 valence electrons. The normalized spacial score (nSPS) is 11.0. The monoisotopic (exact) mass is 262 g/mol. The van der Waals surface area contributed by atoms with Gasteiger partial charge in [0.15, 0.2) is 0 Å². The van der Waals surface area contributed by atoms with E-state index in [-0.39, 0.29) is 0 Å². The predicted octanol–water partition coefficient (Wildman–Crippen LogP) is 3.88. The Kier molecular flexibility index (Phi) is 7.59. The van der Waals surface area contributed by atoms with Crippen LogP contribution in [0.25, 0.3) is 6.08 Å². The van der Waals surface area contributed by atoms with Crippen LogP contribution < -0.4 is 0 Å². The van der Waals surface area contributed by atoms with Crippen LogP contribution in [0.2, 0.25) is 0 Å². The van der Waals surface area contributed by atoms with Crippen molar-refractivity contribution in [3.63, 3.8) is 0 Å². The molecule has 1 rings (SSSR count). The van der Waals surface area contributed by atoms with Crippen LogP contribution in [-0.2, 0) is 16.1 Å². The van der Waals surface area contributed by atoms with Gasteiger partial charge in [0.25, 0.3) is 0 Å². The van der Waals surface area contributed by atoms with Crippen LogP contribution >= 0.6 is 0 Å². The molecule has 1 N–H and O–H groups in total. The van der Waals surface area contributed by atoms with E-state index < -0.39 is 5.97 Å². The molecule has 0 amide bonds. The Morgan fingerprint density at radius 2 is 2.05 bits per heavy atom. The molecule has 0 fully saturated rings. The molecule has 0 aromatic heterocycles. The summed E-state index contributed by atoms with van der Waals surface area (Å²) in [5.41, 5.74) is 1.92. The van der Waals surface area contributed by atoms with Crippen LogP contribution in [0, 0.1) is 0 Å². The molecule has 19 heavy (non-hydrogen) atoms. The summed E-state index contributed by atoms with van der Waals surface area (Å²) >= 11 is 0. The highest BCUT2D eigenvalue weighted by Gasteiger charge is 1.99. The van der Waals surface area contributed by atoms with Crippen LogP contribution in [0.15, 0.2) is 30.3 Å². The van der Waals surface area contributed by atoms with Gasteiger partial charge in [0.1, 0.15) is 0 Å². The fourth-order valence-electron chi connectivity index (χ4n) is 1.80. The van der Waals surface area contributed by atoms with Crippen molar-refractivity contribution in [3.8, 4) is 0 Å². The molecule has 0 aliphatic carbocycles. The summed E-state index contributed by atoms with van der Waals surface area (Å²) in [6.07, 6.45) is 7.53. The van der Waals surface area contributed by atoms with Crippen molar-refractivity contribution in [1.82, 2.24) is 0 Å². The largest absolute Gasteiger partial charge is 0.478 e. The summed E-state index contributed by atoms with van der Waals surface area (Å²) < 4.78 is 5.63. The minimum Gasteiger partial charge on any atom is -0.478 e. The summed E-state index contributed by atoms with van der Waals surface area (Å²) in [7, 11) is 0. The van der Waals surface area contributed by atoms with Gasteiger partial charge in [0.05, 0.1) is 6.61 Å². The Bertz CT molecular complexity index is 410. The van der Waals surface area contributed by atoms with Gasteiger partial charge < -0.3 is 9.84 Å². The van der Waals surface area contributed by atoms with E-state index in [4.69, 9.17) is 9.84 Å². The van der Waals surface area contributed by atoms with E-state index in [1.54, 1.807) is 6.08 Å². The van der Waals surface area contributed by atoms with Crippen molar-refractivity contribution in [3.05, 3.63) is 41.5 Å². The lowest BCUT2D eigenvalue weighted by atomic mass is 10.1. The maximum atomic E-state index is 10.5. The molecular weight excluding hydrogens is 240 g/mol. The van der Waals surface area contributed by atoms with Gasteiger partial charge in [-0.15, -0.1) is 0 Å². The standard InChI is InChI=1S/C16H22O3/c1-2-3-4-7-12-19-13-15-9-6-5-8-14(15)10-11-16(17)18/h5-6,8-11H,2-4,7,12-13H2,1H3,(H,17,18). The van der Waals surface area contributed by atoms with E-state index >= 15 is 0 Å². The van der Waals surface area contributed by atoms with Crippen molar-refractivity contribution in [1.29, 1.82) is 0 Å². The Morgan fingerprint density at radius 1 is 1.26 bits per heavy atom. The van der Waals surface area contributed by atoms with Crippen molar-refractivity contribution in [2.45, 2.75) is 39.2 Å². The maximum Gasteiger partial charge on any atom is 0.328 e. The Hall–Kier alpha value is -1.61. The summed E-state index contributed by atoms with van der Waals surface area (Å²) in [5.74, 6) is -0.935. The number of benzene rings is 1. The number of carbonyl (C=O) groups is 1. The molecule has 0 saturated heterocycles. The SMILES string of the molecule is CCCCCCOCc1ccccc1C=CC(=O)O. The molecule has 0 atom stereocenters. The van der Waals surface area contributed by atoms with Crippen LogP contribution in [0.5, 0.6) is 0 Å². The molecule has 3 heteroatoms. The number of aliphatic carboxylic acids is 1. The van der Waals surface area contributed by atoms with Gasteiger partial charge >= 0.3 is 5.97 Å². The molecule has 0 heterocycles. The molecule has 1 aromatic carbocycles. The lowest BCUT2D eigenvalue weighted by Crippen LogP contribution is -1.98. The number of carboxylic acids is 1. The van der Waals surface area contributed by atoms with E-state index in [0.29, 0.717) is 6.61 Å². The van der Waals surface area contributed by atoms with E-state index in [9.17, 15) is 4.79 Å². The summed E-state index contributed by atoms with van der Waals surface area (Å²) in [5, 5.41) is 8.64. The van der Waals surface area contributed by atoms with E-state index in [1.807, 2.05) is 24.3 Å². The van der Waals surface area contributed by atoms with Gasteiger partial charge in [0.2, 0.25) is 0 Å². The lowest BCUT2D eigenvalue weighted by Gasteiger charge is -2.07. The first-order chi connectivity index (χ1) is 9.24. The van der Waals surface area contributed by atoms with Crippen LogP contribution in [0.4, 0.5) is 0 Å². The third-order valence-electron chi connectivity index (χ3n) is 2.86. The van der Waals surface area contributed by atoms with Crippen LogP contribution in [0.1, 0.15) is 43.7 Å². The lowest BCUT2D eigenvalue weighted by molar-refractivity contribution is -0.131. The molecule has 0 radical (unpaired) electrons. The summed E-state index contributed by atoms with van der Waals surface area (Å²) in [6, 6.07) is 7.70. The van der Waals surface area contributed by atoms with Gasteiger partial charge in [0, 0.05) is 12.7 Å². The Morgan fingerprint density at radius 3 is 2.79 bits per heavy atom. The zero-order valence-electron chi connectivity index (χ0n) is 11.5. The van der Waals surface area contributed by atoms with Gasteiger partial charge in [-0.1, -0.05) is 50.5 Å².